The van der Waals surface area contributed by atoms with Crippen molar-refractivity contribution in [2.75, 3.05) is 13.2 Å². The van der Waals surface area contributed by atoms with Crippen molar-refractivity contribution in [2.45, 2.75) is 24.9 Å². The van der Waals surface area contributed by atoms with Crippen LogP contribution in [0.5, 0.6) is 0 Å². The molecular weight excluding hydrogens is 160 g/mol. The van der Waals surface area contributed by atoms with Gasteiger partial charge in [-0.15, -0.1) is 0 Å². The van der Waals surface area contributed by atoms with Gasteiger partial charge in [0.2, 0.25) is 0 Å². The van der Waals surface area contributed by atoms with Crippen LogP contribution in [0.2, 0.25) is 0 Å². The van der Waals surface area contributed by atoms with E-state index in [0.717, 1.165) is 12.8 Å². The minimum absolute atomic E-state index is 0.241. The van der Waals surface area contributed by atoms with Gasteiger partial charge in [0.1, 0.15) is 0 Å². The lowest BCUT2D eigenvalue weighted by molar-refractivity contribution is 0.169. The zero-order valence-corrected chi connectivity index (χ0v) is 6.79. The average molecular weight is 174 g/mol. The summed E-state index contributed by atoms with van der Waals surface area (Å²) in [6, 6.07) is -0.572. The van der Waals surface area contributed by atoms with Crippen molar-refractivity contribution in [2.24, 2.45) is 0 Å². The van der Waals surface area contributed by atoms with Gasteiger partial charge in [0.25, 0.3) is 0 Å². The van der Waals surface area contributed by atoms with Crippen molar-refractivity contribution in [3.63, 3.8) is 0 Å². The van der Waals surface area contributed by atoms with Gasteiger partial charge in [0.05, 0.1) is 19.3 Å². The number of aliphatic hydroxyl groups excluding tert-OH is 2. The lowest BCUT2D eigenvalue weighted by Gasteiger charge is -2.13. The second-order valence-electron chi connectivity index (χ2n) is 2.95. The molecule has 0 saturated heterocycles. The summed E-state index contributed by atoms with van der Waals surface area (Å²) in [5, 5.41) is 22.4. The molecule has 12 heavy (non-hydrogen) atoms. The Labute approximate surface area is 70.8 Å². The smallest absolute Gasteiger partial charge is 0.315 e. The largest absolute Gasteiger partial charge is 0.394 e. The molecule has 1 aliphatic carbocycles. The second-order valence-corrected chi connectivity index (χ2v) is 2.95. The molecule has 0 aromatic carbocycles. The summed E-state index contributed by atoms with van der Waals surface area (Å²) in [7, 11) is 0. The van der Waals surface area contributed by atoms with Crippen molar-refractivity contribution in [3.8, 4) is 0 Å². The van der Waals surface area contributed by atoms with Crippen LogP contribution in [0.1, 0.15) is 12.8 Å². The molecule has 70 valence electrons. The van der Waals surface area contributed by atoms with Crippen LogP contribution < -0.4 is 10.6 Å². The lowest BCUT2D eigenvalue weighted by atomic mass is 10.3. The molecule has 1 fully saturated rings. The van der Waals surface area contributed by atoms with Gasteiger partial charge < -0.3 is 20.8 Å². The molecule has 0 aliphatic heterocycles. The summed E-state index contributed by atoms with van der Waals surface area (Å²) in [5.41, 5.74) is 0. The Balaban J connectivity index is 2.13. The van der Waals surface area contributed by atoms with Crippen LogP contribution in [0, 0.1) is 0 Å². The first-order valence-electron chi connectivity index (χ1n) is 4.05. The van der Waals surface area contributed by atoms with Gasteiger partial charge in [0, 0.05) is 6.04 Å². The SMILES string of the molecule is O=C(NC(CO)CO)NC1CC1. The van der Waals surface area contributed by atoms with Crippen molar-refractivity contribution in [3.05, 3.63) is 0 Å². The van der Waals surface area contributed by atoms with E-state index in [9.17, 15) is 4.79 Å². The molecule has 2 amide bonds. The molecular formula is C7H14N2O3. The predicted octanol–water partition coefficient (Wildman–Crippen LogP) is -1.20. The molecule has 5 nitrogen and oxygen atoms in total. The molecule has 0 aromatic heterocycles. The minimum atomic E-state index is -0.552. The molecule has 1 saturated carbocycles. The molecule has 5 heteroatoms. The fourth-order valence-corrected chi connectivity index (χ4v) is 0.789. The number of amides is 2. The Morgan fingerprint density at radius 3 is 2.42 bits per heavy atom. The highest BCUT2D eigenvalue weighted by atomic mass is 16.3. The zero-order valence-electron chi connectivity index (χ0n) is 6.79. The van der Waals surface area contributed by atoms with Crippen molar-refractivity contribution in [1.82, 2.24) is 10.6 Å². The molecule has 0 bridgehead atoms. The van der Waals surface area contributed by atoms with Crippen molar-refractivity contribution >= 4 is 6.03 Å². The number of hydrogen-bond acceptors (Lipinski definition) is 3. The third-order valence-corrected chi connectivity index (χ3v) is 1.69. The van der Waals surface area contributed by atoms with Gasteiger partial charge in [-0.3, -0.25) is 0 Å². The molecule has 0 atom stereocenters. The fraction of sp³-hybridized carbons (Fsp3) is 0.857. The fourth-order valence-electron chi connectivity index (χ4n) is 0.789. The van der Waals surface area contributed by atoms with Crippen LogP contribution in [-0.4, -0.2) is 41.5 Å². The molecule has 0 spiro atoms. The number of urea groups is 1. The Bertz CT molecular complexity index is 155. The number of hydrogen-bond donors (Lipinski definition) is 4. The number of nitrogens with one attached hydrogen (secondary N) is 2. The van der Waals surface area contributed by atoms with Crippen LogP contribution in [0.3, 0.4) is 0 Å². The molecule has 0 radical (unpaired) electrons. The maximum Gasteiger partial charge on any atom is 0.315 e. The van der Waals surface area contributed by atoms with Gasteiger partial charge in [-0.25, -0.2) is 4.79 Å². The summed E-state index contributed by atoms with van der Waals surface area (Å²) < 4.78 is 0. The standard InChI is InChI=1S/C7H14N2O3/c10-3-6(4-11)9-7(12)8-5-1-2-5/h5-6,10-11H,1-4H2,(H2,8,9,12). The highest BCUT2D eigenvalue weighted by Crippen LogP contribution is 2.18. The van der Waals surface area contributed by atoms with E-state index in [4.69, 9.17) is 10.2 Å². The summed E-state index contributed by atoms with van der Waals surface area (Å²) in [6.07, 6.45) is 2.05. The zero-order chi connectivity index (χ0) is 8.97. The van der Waals surface area contributed by atoms with E-state index in [1.54, 1.807) is 0 Å². The molecule has 1 aliphatic rings. The molecule has 0 unspecified atom stereocenters. The lowest BCUT2D eigenvalue weighted by Crippen LogP contribution is -2.46. The first kappa shape index (κ1) is 9.28. The Hall–Kier alpha value is -0.810. The van der Waals surface area contributed by atoms with Crippen LogP contribution in [0.15, 0.2) is 0 Å². The maximum atomic E-state index is 11.0. The molecule has 0 aromatic rings. The molecule has 0 heterocycles. The second kappa shape index (κ2) is 4.27. The number of rotatable bonds is 4. The van der Waals surface area contributed by atoms with E-state index >= 15 is 0 Å². The quantitative estimate of drug-likeness (QED) is 0.432. The van der Waals surface area contributed by atoms with E-state index in [1.807, 2.05) is 0 Å². The molecule has 4 N–H and O–H groups in total. The van der Waals surface area contributed by atoms with Gasteiger partial charge >= 0.3 is 6.03 Å². The summed E-state index contributed by atoms with van der Waals surface area (Å²) in [6.45, 7) is -0.483. The van der Waals surface area contributed by atoms with Gasteiger partial charge in [0.15, 0.2) is 0 Å². The van der Waals surface area contributed by atoms with Gasteiger partial charge in [-0.05, 0) is 12.8 Å². The first-order valence-corrected chi connectivity index (χ1v) is 4.05. The predicted molar refractivity (Wildman–Crippen MR) is 42.6 cm³/mol. The Kier molecular flexibility index (Phi) is 3.31. The molecule has 1 rings (SSSR count). The normalized spacial score (nSPS) is 16.2. The average Bonchev–Trinajstić information content (AvgIpc) is 2.84. The van der Waals surface area contributed by atoms with Crippen molar-refractivity contribution < 1.29 is 15.0 Å². The van der Waals surface area contributed by atoms with Crippen LogP contribution in [0.25, 0.3) is 0 Å². The third kappa shape index (κ3) is 3.06. The topological polar surface area (TPSA) is 81.6 Å². The van der Waals surface area contributed by atoms with Gasteiger partial charge in [-0.1, -0.05) is 0 Å². The monoisotopic (exact) mass is 174 g/mol. The van der Waals surface area contributed by atoms with Crippen molar-refractivity contribution in [1.29, 1.82) is 0 Å². The Morgan fingerprint density at radius 1 is 1.42 bits per heavy atom. The highest BCUT2D eigenvalue weighted by Gasteiger charge is 2.23. The maximum absolute atomic E-state index is 11.0. The van der Waals surface area contributed by atoms with Crippen LogP contribution in [-0.2, 0) is 0 Å². The van der Waals surface area contributed by atoms with E-state index in [2.05, 4.69) is 10.6 Å². The van der Waals surface area contributed by atoms with Crippen LogP contribution in [0.4, 0.5) is 4.79 Å². The van der Waals surface area contributed by atoms with Gasteiger partial charge in [-0.2, -0.15) is 0 Å². The van der Waals surface area contributed by atoms with E-state index in [0.29, 0.717) is 6.04 Å². The van der Waals surface area contributed by atoms with E-state index in [1.165, 1.54) is 0 Å². The highest BCUT2D eigenvalue weighted by molar-refractivity contribution is 5.74. The first-order chi connectivity index (χ1) is 5.76. The van der Waals surface area contributed by atoms with E-state index in [-0.39, 0.29) is 19.2 Å². The number of carbonyl (C=O) groups is 1. The summed E-state index contributed by atoms with van der Waals surface area (Å²) in [4.78, 5) is 11.0. The minimum Gasteiger partial charge on any atom is -0.394 e. The number of carbonyl (C=O) groups excluding carboxylic acids is 1. The third-order valence-electron chi connectivity index (χ3n) is 1.69. The number of aliphatic hydroxyl groups is 2. The summed E-state index contributed by atoms with van der Waals surface area (Å²) in [5.74, 6) is 0. The Morgan fingerprint density at radius 2 is 2.00 bits per heavy atom. The van der Waals surface area contributed by atoms with Crippen LogP contribution >= 0.6 is 0 Å². The van der Waals surface area contributed by atoms with E-state index < -0.39 is 6.04 Å². The summed E-state index contributed by atoms with van der Waals surface area (Å²) >= 11 is 0.